The number of benzene rings is 1. The van der Waals surface area contributed by atoms with Crippen LogP contribution in [-0.2, 0) is 12.8 Å². The third kappa shape index (κ3) is 1.48. The smallest absolute Gasteiger partial charge is 0.231 e. The van der Waals surface area contributed by atoms with E-state index in [1.54, 1.807) is 11.3 Å². The molecule has 3 heterocycles. The number of imidazole rings is 1. The SMILES string of the molecule is Nc1c(-c2ccc3c(c2)OCO3)nc2sc3c(n12)CCC3. The second-order valence-corrected chi connectivity index (χ2v) is 6.42. The van der Waals surface area contributed by atoms with Crippen molar-refractivity contribution < 1.29 is 9.47 Å². The molecule has 3 aromatic rings. The molecule has 1 aliphatic carbocycles. The molecule has 106 valence electrons. The van der Waals surface area contributed by atoms with Crippen LogP contribution in [0.1, 0.15) is 17.0 Å². The summed E-state index contributed by atoms with van der Waals surface area (Å²) >= 11 is 1.76. The first-order valence-electron chi connectivity index (χ1n) is 7.00. The van der Waals surface area contributed by atoms with Gasteiger partial charge in [-0.3, -0.25) is 4.40 Å². The van der Waals surface area contributed by atoms with E-state index in [0.717, 1.165) is 46.4 Å². The molecule has 6 heteroatoms. The van der Waals surface area contributed by atoms with E-state index in [0.29, 0.717) is 0 Å². The lowest BCUT2D eigenvalue weighted by Gasteiger charge is -2.02. The Kier molecular flexibility index (Phi) is 2.13. The summed E-state index contributed by atoms with van der Waals surface area (Å²) in [4.78, 5) is 7.15. The van der Waals surface area contributed by atoms with Crippen LogP contribution in [0.3, 0.4) is 0 Å². The molecule has 0 amide bonds. The minimum absolute atomic E-state index is 0.278. The Morgan fingerprint density at radius 2 is 2.10 bits per heavy atom. The van der Waals surface area contributed by atoms with Gasteiger partial charge in [0, 0.05) is 16.1 Å². The number of nitrogen functional groups attached to an aromatic ring is 1. The normalized spacial score (nSPS) is 15.8. The van der Waals surface area contributed by atoms with Crippen molar-refractivity contribution in [1.82, 2.24) is 9.38 Å². The zero-order chi connectivity index (χ0) is 14.0. The summed E-state index contributed by atoms with van der Waals surface area (Å²) < 4.78 is 12.9. The molecule has 0 radical (unpaired) electrons. The van der Waals surface area contributed by atoms with E-state index < -0.39 is 0 Å². The molecule has 0 unspecified atom stereocenters. The number of nitrogens with zero attached hydrogens (tertiary/aromatic N) is 2. The highest BCUT2D eigenvalue weighted by molar-refractivity contribution is 7.17. The molecule has 2 aromatic heterocycles. The predicted octanol–water partition coefficient (Wildman–Crippen LogP) is 2.86. The van der Waals surface area contributed by atoms with E-state index in [2.05, 4.69) is 4.40 Å². The number of anilines is 1. The van der Waals surface area contributed by atoms with Crippen molar-refractivity contribution in [3.05, 3.63) is 28.8 Å². The van der Waals surface area contributed by atoms with Crippen LogP contribution in [0.15, 0.2) is 18.2 Å². The summed E-state index contributed by atoms with van der Waals surface area (Å²) in [7, 11) is 0. The molecule has 0 saturated heterocycles. The maximum Gasteiger partial charge on any atom is 0.231 e. The van der Waals surface area contributed by atoms with Gasteiger partial charge in [0.05, 0.1) is 0 Å². The molecule has 2 aliphatic rings. The topological polar surface area (TPSA) is 61.8 Å². The van der Waals surface area contributed by atoms with E-state index in [1.165, 1.54) is 17.0 Å². The lowest BCUT2D eigenvalue weighted by atomic mass is 10.1. The molecular formula is C15H13N3O2S. The van der Waals surface area contributed by atoms with Crippen molar-refractivity contribution in [3.8, 4) is 22.8 Å². The molecule has 0 fully saturated rings. The minimum atomic E-state index is 0.278. The third-order valence-corrected chi connectivity index (χ3v) is 5.29. The number of fused-ring (bicyclic) bond motifs is 4. The molecule has 0 spiro atoms. The average Bonchev–Trinajstić information content (AvgIpc) is 3.20. The molecule has 0 saturated carbocycles. The van der Waals surface area contributed by atoms with Crippen molar-refractivity contribution in [2.45, 2.75) is 19.3 Å². The van der Waals surface area contributed by atoms with Gasteiger partial charge in [-0.1, -0.05) is 0 Å². The number of nitrogens with two attached hydrogens (primary N) is 1. The molecule has 5 nitrogen and oxygen atoms in total. The van der Waals surface area contributed by atoms with Gasteiger partial charge in [0.25, 0.3) is 0 Å². The lowest BCUT2D eigenvalue weighted by Crippen LogP contribution is -1.97. The van der Waals surface area contributed by atoms with Crippen LogP contribution >= 0.6 is 11.3 Å². The predicted molar refractivity (Wildman–Crippen MR) is 81.1 cm³/mol. The highest BCUT2D eigenvalue weighted by Crippen LogP contribution is 2.40. The Balaban J connectivity index is 1.71. The van der Waals surface area contributed by atoms with Gasteiger partial charge in [-0.05, 0) is 37.5 Å². The van der Waals surface area contributed by atoms with Gasteiger partial charge >= 0.3 is 0 Å². The Bertz CT molecular complexity index is 881. The number of ether oxygens (including phenoxy) is 2. The van der Waals surface area contributed by atoms with E-state index >= 15 is 0 Å². The second kappa shape index (κ2) is 3.92. The van der Waals surface area contributed by atoms with Crippen molar-refractivity contribution in [1.29, 1.82) is 0 Å². The Hall–Kier alpha value is -2.21. The Morgan fingerprint density at radius 1 is 1.19 bits per heavy atom. The molecule has 5 rings (SSSR count). The first-order chi connectivity index (χ1) is 10.3. The monoisotopic (exact) mass is 299 g/mol. The standard InChI is InChI=1S/C15H13N3O2S/c16-14-13(8-4-5-10-11(6-8)20-7-19-10)17-15-18(14)9-2-1-3-12(9)21-15/h4-6H,1-3,7,16H2. The maximum atomic E-state index is 6.37. The van der Waals surface area contributed by atoms with Crippen LogP contribution in [0.5, 0.6) is 11.5 Å². The van der Waals surface area contributed by atoms with Gasteiger partial charge < -0.3 is 15.2 Å². The van der Waals surface area contributed by atoms with Crippen LogP contribution in [0, 0.1) is 0 Å². The van der Waals surface area contributed by atoms with Crippen LogP contribution < -0.4 is 15.2 Å². The van der Waals surface area contributed by atoms with Gasteiger partial charge in [0.1, 0.15) is 11.5 Å². The summed E-state index contributed by atoms with van der Waals surface area (Å²) in [6.07, 6.45) is 3.46. The minimum Gasteiger partial charge on any atom is -0.454 e. The summed E-state index contributed by atoms with van der Waals surface area (Å²) in [5.74, 6) is 2.26. The first kappa shape index (κ1) is 11.4. The molecule has 2 N–H and O–H groups in total. The largest absolute Gasteiger partial charge is 0.454 e. The number of hydrogen-bond donors (Lipinski definition) is 1. The van der Waals surface area contributed by atoms with E-state index in [1.807, 2.05) is 18.2 Å². The molecule has 0 bridgehead atoms. The van der Waals surface area contributed by atoms with E-state index in [9.17, 15) is 0 Å². The molecule has 1 aliphatic heterocycles. The van der Waals surface area contributed by atoms with Crippen molar-refractivity contribution in [2.75, 3.05) is 12.5 Å². The fourth-order valence-corrected chi connectivity index (χ4v) is 4.37. The number of hydrogen-bond acceptors (Lipinski definition) is 5. The highest BCUT2D eigenvalue weighted by atomic mass is 32.1. The van der Waals surface area contributed by atoms with Crippen LogP contribution in [-0.4, -0.2) is 16.2 Å². The fraction of sp³-hybridized carbons (Fsp3) is 0.267. The van der Waals surface area contributed by atoms with E-state index in [4.69, 9.17) is 20.2 Å². The Morgan fingerprint density at radius 3 is 3.05 bits per heavy atom. The first-order valence-corrected chi connectivity index (χ1v) is 7.81. The zero-order valence-electron chi connectivity index (χ0n) is 11.3. The summed E-state index contributed by atoms with van der Waals surface area (Å²) in [5, 5.41) is 0. The van der Waals surface area contributed by atoms with Gasteiger partial charge in [-0.15, -0.1) is 11.3 Å². The van der Waals surface area contributed by atoms with E-state index in [-0.39, 0.29) is 6.79 Å². The van der Waals surface area contributed by atoms with Gasteiger partial charge in [-0.25, -0.2) is 4.98 Å². The number of aryl methyl sites for hydroxylation is 2. The maximum absolute atomic E-state index is 6.37. The molecular weight excluding hydrogens is 286 g/mol. The zero-order valence-corrected chi connectivity index (χ0v) is 12.1. The van der Waals surface area contributed by atoms with Crippen LogP contribution in [0.4, 0.5) is 5.82 Å². The Labute approximate surface area is 124 Å². The van der Waals surface area contributed by atoms with Crippen LogP contribution in [0.2, 0.25) is 0 Å². The lowest BCUT2D eigenvalue weighted by molar-refractivity contribution is 0.174. The van der Waals surface area contributed by atoms with Crippen LogP contribution in [0.25, 0.3) is 16.2 Å². The molecule has 1 aromatic carbocycles. The number of aromatic nitrogens is 2. The van der Waals surface area contributed by atoms with Gasteiger partial charge in [0.15, 0.2) is 16.5 Å². The number of thiazole rings is 1. The van der Waals surface area contributed by atoms with Gasteiger partial charge in [-0.2, -0.15) is 0 Å². The van der Waals surface area contributed by atoms with Gasteiger partial charge in [0.2, 0.25) is 6.79 Å². The summed E-state index contributed by atoms with van der Waals surface area (Å²) in [6.45, 7) is 0.278. The molecule has 0 atom stereocenters. The third-order valence-electron chi connectivity index (χ3n) is 4.15. The van der Waals surface area contributed by atoms with Crippen molar-refractivity contribution in [3.63, 3.8) is 0 Å². The number of rotatable bonds is 1. The van der Waals surface area contributed by atoms with Crippen molar-refractivity contribution >= 4 is 22.1 Å². The van der Waals surface area contributed by atoms with Crippen molar-refractivity contribution in [2.24, 2.45) is 0 Å². The molecule has 21 heavy (non-hydrogen) atoms. The quantitative estimate of drug-likeness (QED) is 0.750. The fourth-order valence-electron chi connectivity index (χ4n) is 3.15. The summed E-state index contributed by atoms with van der Waals surface area (Å²) in [6, 6.07) is 5.84. The summed E-state index contributed by atoms with van der Waals surface area (Å²) in [5.41, 5.74) is 9.51. The average molecular weight is 299 g/mol. The highest BCUT2D eigenvalue weighted by Gasteiger charge is 2.24. The second-order valence-electron chi connectivity index (χ2n) is 5.36.